The minimum atomic E-state index is -0.477. The minimum Gasteiger partial charge on any atom is -0.497 e. The summed E-state index contributed by atoms with van der Waals surface area (Å²) in [4.78, 5) is 19.5. The number of hydrogen-bond acceptors (Lipinski definition) is 5. The molecule has 0 radical (unpaired) electrons. The third kappa shape index (κ3) is 5.32. The predicted molar refractivity (Wildman–Crippen MR) is 132 cm³/mol. The summed E-state index contributed by atoms with van der Waals surface area (Å²) in [6.45, 7) is 0. The van der Waals surface area contributed by atoms with E-state index in [2.05, 4.69) is 28.5 Å². The summed E-state index contributed by atoms with van der Waals surface area (Å²) < 4.78 is 12.7. The molecule has 2 heterocycles. The molecule has 168 valence electrons. The standard InChI is InChI=1S/C26H25N3O3S/c1-29-14-13-27-26(29)25(19-15-20(31-2)17-21(16-19)32-3)28-24(30)12-10-22-9-11-23(33-22)18-7-5-4-6-8-18/h4-17,25H,1-3H3,(H,28,30)/b12-10+. The molecule has 1 N–H and O–H groups in total. The Morgan fingerprint density at radius 2 is 1.79 bits per heavy atom. The second kappa shape index (κ2) is 10.2. The average molecular weight is 460 g/mol. The highest BCUT2D eigenvalue weighted by Crippen LogP contribution is 2.30. The lowest BCUT2D eigenvalue weighted by molar-refractivity contribution is -0.117. The number of methoxy groups -OCH3 is 2. The zero-order valence-electron chi connectivity index (χ0n) is 18.7. The molecule has 7 heteroatoms. The fraction of sp³-hybridized carbons (Fsp3) is 0.154. The summed E-state index contributed by atoms with van der Waals surface area (Å²) in [6.07, 6.45) is 6.93. The molecular weight excluding hydrogens is 434 g/mol. The first kappa shape index (κ1) is 22.4. The van der Waals surface area contributed by atoms with E-state index in [-0.39, 0.29) is 5.91 Å². The van der Waals surface area contributed by atoms with Crippen molar-refractivity contribution in [2.75, 3.05) is 14.2 Å². The number of nitrogens with one attached hydrogen (secondary N) is 1. The fourth-order valence-corrected chi connectivity index (χ4v) is 4.41. The first-order chi connectivity index (χ1) is 16.1. The molecule has 2 aromatic carbocycles. The zero-order chi connectivity index (χ0) is 23.2. The lowest BCUT2D eigenvalue weighted by Crippen LogP contribution is -2.29. The number of hydrogen-bond donors (Lipinski definition) is 1. The van der Waals surface area contributed by atoms with E-state index in [9.17, 15) is 4.79 Å². The molecule has 4 rings (SSSR count). The normalized spacial score (nSPS) is 12.0. The van der Waals surface area contributed by atoms with Crippen LogP contribution in [0, 0.1) is 0 Å². The number of carbonyl (C=O) groups is 1. The van der Waals surface area contributed by atoms with Crippen molar-refractivity contribution in [3.8, 4) is 21.9 Å². The molecule has 4 aromatic rings. The summed E-state index contributed by atoms with van der Waals surface area (Å²) in [5.41, 5.74) is 1.97. The van der Waals surface area contributed by atoms with Crippen molar-refractivity contribution in [2.45, 2.75) is 6.04 Å². The maximum atomic E-state index is 12.9. The van der Waals surface area contributed by atoms with Gasteiger partial charge in [-0.15, -0.1) is 11.3 Å². The zero-order valence-corrected chi connectivity index (χ0v) is 19.5. The quantitative estimate of drug-likeness (QED) is 0.373. The first-order valence-corrected chi connectivity index (χ1v) is 11.2. The Hall–Kier alpha value is -3.84. The summed E-state index contributed by atoms with van der Waals surface area (Å²) in [7, 11) is 5.09. The number of thiophene rings is 1. The lowest BCUT2D eigenvalue weighted by atomic mass is 10.0. The van der Waals surface area contributed by atoms with Crippen LogP contribution in [0.3, 0.4) is 0 Å². The van der Waals surface area contributed by atoms with Crippen LogP contribution in [-0.4, -0.2) is 29.7 Å². The number of imidazole rings is 1. The third-order valence-electron chi connectivity index (χ3n) is 5.19. The van der Waals surface area contributed by atoms with E-state index < -0.39 is 6.04 Å². The number of nitrogens with zero attached hydrogens (tertiary/aromatic N) is 2. The summed E-state index contributed by atoms with van der Waals surface area (Å²) >= 11 is 1.64. The summed E-state index contributed by atoms with van der Waals surface area (Å²) in [6, 6.07) is 19.3. The molecule has 0 aliphatic rings. The molecule has 1 amide bonds. The molecule has 0 aliphatic heterocycles. The number of benzene rings is 2. The number of aryl methyl sites for hydroxylation is 1. The van der Waals surface area contributed by atoms with E-state index in [1.54, 1.807) is 43.9 Å². The highest BCUT2D eigenvalue weighted by molar-refractivity contribution is 7.16. The Labute approximate surface area is 197 Å². The highest BCUT2D eigenvalue weighted by atomic mass is 32.1. The van der Waals surface area contributed by atoms with Crippen LogP contribution < -0.4 is 14.8 Å². The fourth-order valence-electron chi connectivity index (χ4n) is 3.50. The van der Waals surface area contributed by atoms with Gasteiger partial charge in [0.1, 0.15) is 23.4 Å². The van der Waals surface area contributed by atoms with Gasteiger partial charge in [-0.05, 0) is 41.5 Å². The van der Waals surface area contributed by atoms with Gasteiger partial charge in [0.25, 0.3) is 0 Å². The first-order valence-electron chi connectivity index (χ1n) is 10.4. The summed E-state index contributed by atoms with van der Waals surface area (Å²) in [5.74, 6) is 1.76. The third-order valence-corrected chi connectivity index (χ3v) is 6.29. The van der Waals surface area contributed by atoms with E-state index in [1.165, 1.54) is 0 Å². The molecule has 33 heavy (non-hydrogen) atoms. The maximum absolute atomic E-state index is 12.9. The topological polar surface area (TPSA) is 65.4 Å². The molecule has 0 fully saturated rings. The molecule has 1 atom stereocenters. The number of amides is 1. The largest absolute Gasteiger partial charge is 0.497 e. The summed E-state index contributed by atoms with van der Waals surface area (Å²) in [5, 5.41) is 3.07. The van der Waals surface area contributed by atoms with Crippen LogP contribution in [0.5, 0.6) is 11.5 Å². The van der Waals surface area contributed by atoms with Gasteiger partial charge in [-0.25, -0.2) is 4.98 Å². The highest BCUT2D eigenvalue weighted by Gasteiger charge is 2.21. The SMILES string of the molecule is COc1cc(OC)cc(C(NC(=O)/C=C/c2ccc(-c3ccccc3)s2)c2nccn2C)c1. The molecule has 0 saturated carbocycles. The smallest absolute Gasteiger partial charge is 0.244 e. The van der Waals surface area contributed by atoms with Crippen molar-refractivity contribution in [2.24, 2.45) is 7.05 Å². The Balaban J connectivity index is 1.57. The van der Waals surface area contributed by atoms with Gasteiger partial charge in [0.15, 0.2) is 0 Å². The van der Waals surface area contributed by atoms with Crippen molar-refractivity contribution in [3.05, 3.63) is 95.4 Å². The van der Waals surface area contributed by atoms with Crippen LogP contribution in [-0.2, 0) is 11.8 Å². The molecule has 0 bridgehead atoms. The number of carbonyl (C=O) groups excluding carboxylic acids is 1. The number of aromatic nitrogens is 2. The van der Waals surface area contributed by atoms with Gasteiger partial charge in [-0.2, -0.15) is 0 Å². The molecule has 1 unspecified atom stereocenters. The van der Waals surface area contributed by atoms with Gasteiger partial charge in [0.05, 0.1) is 14.2 Å². The Bertz CT molecular complexity index is 1240. The van der Waals surface area contributed by atoms with Gasteiger partial charge in [-0.1, -0.05) is 30.3 Å². The van der Waals surface area contributed by atoms with E-state index in [1.807, 2.05) is 60.3 Å². The van der Waals surface area contributed by atoms with Gasteiger partial charge < -0.3 is 19.4 Å². The number of rotatable bonds is 8. The van der Waals surface area contributed by atoms with Crippen LogP contribution in [0.2, 0.25) is 0 Å². The number of ether oxygens (including phenoxy) is 2. The average Bonchev–Trinajstić information content (AvgIpc) is 3.50. The van der Waals surface area contributed by atoms with Crippen molar-refractivity contribution >= 4 is 23.3 Å². The van der Waals surface area contributed by atoms with E-state index in [0.717, 1.165) is 20.9 Å². The van der Waals surface area contributed by atoms with Crippen molar-refractivity contribution in [3.63, 3.8) is 0 Å². The minimum absolute atomic E-state index is 0.223. The van der Waals surface area contributed by atoms with Crippen molar-refractivity contribution in [1.29, 1.82) is 0 Å². The van der Waals surface area contributed by atoms with Gasteiger partial charge in [-0.3, -0.25) is 4.79 Å². The van der Waals surface area contributed by atoms with Crippen molar-refractivity contribution < 1.29 is 14.3 Å². The molecule has 2 aromatic heterocycles. The predicted octanol–water partition coefficient (Wildman–Crippen LogP) is 5.08. The second-order valence-corrected chi connectivity index (χ2v) is 8.50. The van der Waals surface area contributed by atoms with Crippen LogP contribution in [0.15, 0.2) is 79.1 Å². The Kier molecular flexibility index (Phi) is 6.90. The van der Waals surface area contributed by atoms with Gasteiger partial charge in [0.2, 0.25) is 5.91 Å². The molecular formula is C26H25N3O3S. The second-order valence-electron chi connectivity index (χ2n) is 7.39. The van der Waals surface area contributed by atoms with Gasteiger partial charge >= 0.3 is 0 Å². The molecule has 0 saturated heterocycles. The maximum Gasteiger partial charge on any atom is 0.244 e. The van der Waals surface area contributed by atoms with E-state index in [4.69, 9.17) is 9.47 Å². The van der Waals surface area contributed by atoms with Crippen LogP contribution in [0.4, 0.5) is 0 Å². The van der Waals surface area contributed by atoms with Gasteiger partial charge in [0, 0.05) is 41.3 Å². The monoisotopic (exact) mass is 459 g/mol. The van der Waals surface area contributed by atoms with Crippen LogP contribution in [0.1, 0.15) is 22.3 Å². The molecule has 6 nitrogen and oxygen atoms in total. The Morgan fingerprint density at radius 3 is 2.42 bits per heavy atom. The van der Waals surface area contributed by atoms with E-state index >= 15 is 0 Å². The lowest BCUT2D eigenvalue weighted by Gasteiger charge is -2.20. The molecule has 0 aliphatic carbocycles. The van der Waals surface area contributed by atoms with Crippen molar-refractivity contribution in [1.82, 2.24) is 14.9 Å². The Morgan fingerprint density at radius 1 is 1.06 bits per heavy atom. The molecule has 0 spiro atoms. The van der Waals surface area contributed by atoms with E-state index in [0.29, 0.717) is 17.3 Å². The van der Waals surface area contributed by atoms with Crippen LogP contribution >= 0.6 is 11.3 Å². The van der Waals surface area contributed by atoms with Crippen LogP contribution in [0.25, 0.3) is 16.5 Å².